The molecule has 0 spiro atoms. The van der Waals surface area contributed by atoms with E-state index in [1.54, 1.807) is 0 Å². The number of hydrogen-bond donors (Lipinski definition) is 0. The van der Waals surface area contributed by atoms with Gasteiger partial charge >= 0.3 is 0 Å². The monoisotopic (exact) mass is 1220 g/mol. The zero-order valence-electron chi connectivity index (χ0n) is 52.3. The summed E-state index contributed by atoms with van der Waals surface area (Å²) in [6.07, 6.45) is 0. The van der Waals surface area contributed by atoms with E-state index in [4.69, 9.17) is 4.42 Å². The van der Waals surface area contributed by atoms with Gasteiger partial charge in [-0.05, 0) is 223 Å². The summed E-state index contributed by atoms with van der Waals surface area (Å²) in [5, 5.41) is 29.9. The van der Waals surface area contributed by atoms with Crippen molar-refractivity contribution in [1.29, 1.82) is 0 Å². The van der Waals surface area contributed by atoms with Crippen molar-refractivity contribution in [3.8, 4) is 67.2 Å². The third-order valence-corrected chi connectivity index (χ3v) is 21.9. The van der Waals surface area contributed by atoms with Crippen LogP contribution < -0.4 is 0 Å². The largest absolute Gasteiger partial charge is 0.455 e. The number of aromatic nitrogens is 2. The van der Waals surface area contributed by atoms with Crippen LogP contribution in [0.25, 0.3) is 230 Å². The lowest BCUT2D eigenvalue weighted by atomic mass is 9.86. The van der Waals surface area contributed by atoms with Gasteiger partial charge < -0.3 is 13.2 Å². The minimum atomic E-state index is 0.881. The molecule has 444 valence electrons. The van der Waals surface area contributed by atoms with Crippen molar-refractivity contribution < 1.29 is 4.42 Å². The molecule has 0 bridgehead atoms. The van der Waals surface area contributed by atoms with Gasteiger partial charge in [-0.1, -0.05) is 212 Å². The fourth-order valence-electron chi connectivity index (χ4n) is 17.5. The van der Waals surface area contributed by atoms with Gasteiger partial charge in [0.05, 0.1) is 33.1 Å². The number of furan rings is 1. The molecule has 0 saturated heterocycles. The third-order valence-electron chi connectivity index (χ3n) is 21.9. The van der Waals surface area contributed by atoms with E-state index < -0.39 is 0 Å². The first-order valence-electron chi connectivity index (χ1n) is 33.7. The maximum Gasteiger partial charge on any atom is 0.142 e. The summed E-state index contributed by atoms with van der Waals surface area (Å²) in [5.41, 5.74) is 19.2. The Hall–Kier alpha value is -12.8. The van der Waals surface area contributed by atoms with Crippen molar-refractivity contribution in [2.75, 3.05) is 0 Å². The Bertz CT molecular complexity index is 7240. The summed E-state index contributed by atoms with van der Waals surface area (Å²) < 4.78 is 12.0. The van der Waals surface area contributed by atoms with Crippen molar-refractivity contribution >= 4 is 162 Å². The predicted octanol–water partition coefficient (Wildman–Crippen LogP) is 26.2. The van der Waals surface area contributed by atoms with Crippen LogP contribution in [0.4, 0.5) is 0 Å². The molecule has 23 rings (SSSR count). The zero-order valence-corrected chi connectivity index (χ0v) is 52.3. The summed E-state index contributed by atoms with van der Waals surface area (Å²) in [6.45, 7) is 0. The van der Waals surface area contributed by atoms with Crippen LogP contribution in [-0.4, -0.2) is 8.80 Å². The molecule has 3 heteroatoms. The van der Waals surface area contributed by atoms with E-state index in [0.29, 0.717) is 0 Å². The van der Waals surface area contributed by atoms with Crippen LogP contribution >= 0.6 is 0 Å². The van der Waals surface area contributed by atoms with Crippen LogP contribution in [-0.2, 0) is 0 Å². The third kappa shape index (κ3) is 7.19. The Morgan fingerprint density at radius 3 is 1.13 bits per heavy atom. The van der Waals surface area contributed by atoms with E-state index >= 15 is 0 Å². The van der Waals surface area contributed by atoms with Crippen LogP contribution in [0.1, 0.15) is 0 Å². The highest BCUT2D eigenvalue weighted by Crippen LogP contribution is 2.50. The number of nitrogens with zero attached hydrogens (tertiary/aromatic N) is 2. The van der Waals surface area contributed by atoms with Gasteiger partial charge in [-0.3, -0.25) is 0 Å². The molecule has 0 saturated carbocycles. The molecule has 0 N–H and O–H groups in total. The molecule has 0 aliphatic heterocycles. The second-order valence-electron chi connectivity index (χ2n) is 27.1. The number of benzene rings is 18. The number of rotatable bonds is 6. The molecule has 0 atom stereocenters. The topological polar surface area (TPSA) is 22.0 Å². The van der Waals surface area contributed by atoms with Gasteiger partial charge in [0.15, 0.2) is 0 Å². The quantitative estimate of drug-likeness (QED) is 0.152. The standard InChI is InChI=1S/C94H52N2O/c1-2-16-54(17-3-1)93-73-30-10-11-31-74(73)94(97-93)66-29-13-27-57(37-66)69-46-83-79-42-60-20-6-9-23-63(60)51-87(79)96-88-52-75-64(43-80(88)84(47-69)92(83)96)28-15-32-71(75)76-48-70-39-67(38-65-35-34-53-24-14-33-72(76)90(53)89(65)70)55-25-12-26-56(36-55)68-44-81-77-40-58-18-4-7-21-61(58)49-85(77)95-86-50-62-22-8-5-19-59(62)41-78(86)82(45-68)91(81)95/h1-52H. The maximum absolute atomic E-state index is 6.91. The molecule has 0 radical (unpaired) electrons. The molecule has 0 amide bonds. The molecule has 18 aromatic carbocycles. The zero-order chi connectivity index (χ0) is 62.9. The highest BCUT2D eigenvalue weighted by atomic mass is 16.3. The average Bonchev–Trinajstić information content (AvgIpc) is 1.58. The van der Waals surface area contributed by atoms with E-state index in [1.807, 2.05) is 0 Å². The van der Waals surface area contributed by atoms with Gasteiger partial charge in [0.1, 0.15) is 11.5 Å². The Labute approximate surface area is 554 Å². The fraction of sp³-hybridized carbons (Fsp3) is 0. The Kier molecular flexibility index (Phi) is 10.1. The van der Waals surface area contributed by atoms with E-state index in [0.717, 1.165) is 39.0 Å². The Balaban J connectivity index is 0.701. The maximum atomic E-state index is 6.91. The lowest BCUT2D eigenvalue weighted by molar-refractivity contribution is 0.602. The Morgan fingerprint density at radius 1 is 0.175 bits per heavy atom. The molecule has 5 aromatic heterocycles. The molecule has 23 aromatic rings. The SMILES string of the molecule is c1ccc(-c2oc(-c3cccc(-c4cc5c6cc7ccccc7cc6n6c7cc8c(-c9cc%10cc(-c%11cccc(-c%12cc%13c%14cc%15ccccc%15cc%14n%14c%15cc%16ccccc%16cc%15c(c%12)c%13%14)c%11)cc%11ccc%12cccc9c%12c%11%10)cccc8cc7c(c4)c56)c3)c3ccccc23)cc1. The van der Waals surface area contributed by atoms with Gasteiger partial charge in [-0.25, -0.2) is 0 Å². The molecule has 3 nitrogen and oxygen atoms in total. The minimum Gasteiger partial charge on any atom is -0.455 e. The van der Waals surface area contributed by atoms with Crippen molar-refractivity contribution in [3.05, 3.63) is 315 Å². The van der Waals surface area contributed by atoms with Gasteiger partial charge in [-0.15, -0.1) is 0 Å². The van der Waals surface area contributed by atoms with E-state index in [-0.39, 0.29) is 0 Å². The van der Waals surface area contributed by atoms with Gasteiger partial charge in [0.25, 0.3) is 0 Å². The summed E-state index contributed by atoms with van der Waals surface area (Å²) >= 11 is 0. The smallest absolute Gasteiger partial charge is 0.142 e. The van der Waals surface area contributed by atoms with Crippen LogP contribution in [0.3, 0.4) is 0 Å². The van der Waals surface area contributed by atoms with Gasteiger partial charge in [0.2, 0.25) is 0 Å². The molecule has 97 heavy (non-hydrogen) atoms. The second kappa shape index (κ2) is 18.9. The second-order valence-corrected chi connectivity index (χ2v) is 27.1. The highest BCUT2D eigenvalue weighted by Gasteiger charge is 2.25. The molecule has 5 heterocycles. The number of hydrogen-bond acceptors (Lipinski definition) is 1. The van der Waals surface area contributed by atoms with Crippen LogP contribution in [0.2, 0.25) is 0 Å². The molecule has 0 unspecified atom stereocenters. The average molecular weight is 1230 g/mol. The van der Waals surface area contributed by atoms with Crippen molar-refractivity contribution in [3.63, 3.8) is 0 Å². The summed E-state index contributed by atoms with van der Waals surface area (Å²) in [7, 11) is 0. The van der Waals surface area contributed by atoms with Crippen LogP contribution in [0.5, 0.6) is 0 Å². The predicted molar refractivity (Wildman–Crippen MR) is 412 cm³/mol. The van der Waals surface area contributed by atoms with Gasteiger partial charge in [-0.2, -0.15) is 0 Å². The highest BCUT2D eigenvalue weighted by molar-refractivity contribution is 6.31. The Morgan fingerprint density at radius 2 is 0.567 bits per heavy atom. The molecular formula is C94H52N2O. The lowest BCUT2D eigenvalue weighted by Crippen LogP contribution is -1.91. The summed E-state index contributed by atoms with van der Waals surface area (Å²) in [4.78, 5) is 0. The van der Waals surface area contributed by atoms with Crippen LogP contribution in [0, 0.1) is 0 Å². The molecule has 0 fully saturated rings. The molecule has 0 aliphatic rings. The normalized spacial score (nSPS) is 12.5. The summed E-state index contributed by atoms with van der Waals surface area (Å²) in [5.74, 6) is 1.77. The van der Waals surface area contributed by atoms with Crippen molar-refractivity contribution in [2.24, 2.45) is 0 Å². The van der Waals surface area contributed by atoms with E-state index in [1.165, 1.54) is 191 Å². The van der Waals surface area contributed by atoms with E-state index in [9.17, 15) is 0 Å². The first-order chi connectivity index (χ1) is 48.0. The van der Waals surface area contributed by atoms with Crippen molar-refractivity contribution in [2.45, 2.75) is 0 Å². The number of fused-ring (bicyclic) bond motifs is 17. The van der Waals surface area contributed by atoms with Crippen molar-refractivity contribution in [1.82, 2.24) is 8.80 Å². The molecular weight excluding hydrogens is 1170 g/mol. The van der Waals surface area contributed by atoms with Gasteiger partial charge in [0, 0.05) is 65.0 Å². The first kappa shape index (κ1) is 51.7. The minimum absolute atomic E-state index is 0.881. The van der Waals surface area contributed by atoms with Crippen LogP contribution in [0.15, 0.2) is 320 Å². The van der Waals surface area contributed by atoms with E-state index in [2.05, 4.69) is 324 Å². The lowest BCUT2D eigenvalue weighted by Gasteiger charge is -2.18. The first-order valence-corrected chi connectivity index (χ1v) is 33.7. The fourth-order valence-corrected chi connectivity index (χ4v) is 17.5. The molecule has 0 aliphatic carbocycles. The summed E-state index contributed by atoms with van der Waals surface area (Å²) in [6, 6.07) is 119.